The third-order valence-corrected chi connectivity index (χ3v) is 12.9. The summed E-state index contributed by atoms with van der Waals surface area (Å²) < 4.78 is 18.5. The quantitative estimate of drug-likeness (QED) is 0.0617. The Labute approximate surface area is 428 Å². The van der Waals surface area contributed by atoms with Crippen LogP contribution in [0, 0.1) is 0 Å². The van der Waals surface area contributed by atoms with Crippen molar-refractivity contribution >= 4 is 74.6 Å². The first-order chi connectivity index (χ1) is 33.3. The van der Waals surface area contributed by atoms with E-state index in [2.05, 4.69) is 47.5 Å². The molecule has 71 heavy (non-hydrogen) atoms. The van der Waals surface area contributed by atoms with Crippen molar-refractivity contribution in [2.24, 2.45) is 0 Å². The number of aromatic nitrogens is 2. The lowest BCUT2D eigenvalue weighted by Gasteiger charge is -2.32. The summed E-state index contributed by atoms with van der Waals surface area (Å²) in [5.41, 5.74) is 0.167. The number of aromatic hydroxyl groups is 1. The zero-order chi connectivity index (χ0) is 52.3. The number of likely N-dealkylation sites (N-methyl/N-ethyl adjacent to an activating group) is 1. The molecule has 6 N–H and O–H groups in total. The van der Waals surface area contributed by atoms with Gasteiger partial charge in [0.05, 0.1) is 16.5 Å². The molecule has 0 saturated heterocycles. The standard InChI is InChI=1S/C51H69BrN8O10S/c1-49(2,3)68-46(65)54-24-14-13-19-37-45(64)59(10)39(27-32-30-60(48(67)70-51(7,8)9)38-21-12-11-18-33(32)38)43(63)57-29-34-35(52)22-23-40(61)41(34)71-44-31(17-15-25-53-44)28-56-36(42(62)58-37)20-16-26-55-47(66)69-50(4,5)6/h11-12,15,17-18,21-23,25,30,36-37,39,56,61H,13-14,16,19-20,24,26-29H2,1-10H3,(H,54,65)(H,55,66)(H,57,63)(H,58,62)/t36-,37-,39-/m0/s1. The molecule has 386 valence electrons. The predicted octanol–water partition coefficient (Wildman–Crippen LogP) is 8.08. The van der Waals surface area contributed by atoms with E-state index in [0.29, 0.717) is 61.2 Å². The second-order valence-corrected chi connectivity index (χ2v) is 22.2. The van der Waals surface area contributed by atoms with Gasteiger partial charge in [0.15, 0.2) is 0 Å². The number of hydrogen-bond donors (Lipinski definition) is 6. The maximum Gasteiger partial charge on any atom is 0.419 e. The number of phenolic OH excluding ortho intramolecular Hbond substituents is 1. The Kier molecular flexibility index (Phi) is 19.4. The van der Waals surface area contributed by atoms with Gasteiger partial charge >= 0.3 is 18.3 Å². The number of hydrogen-bond acceptors (Lipinski definition) is 13. The number of fused-ring (bicyclic) bond motifs is 3. The van der Waals surface area contributed by atoms with Gasteiger partial charge in [-0.3, -0.25) is 19.0 Å². The lowest BCUT2D eigenvalue weighted by molar-refractivity contribution is -0.142. The Morgan fingerprint density at radius 1 is 0.803 bits per heavy atom. The fraction of sp³-hybridized carbons (Fsp3) is 0.510. The smallest absolute Gasteiger partial charge is 0.419 e. The first-order valence-corrected chi connectivity index (χ1v) is 25.4. The first-order valence-electron chi connectivity index (χ1n) is 23.8. The molecule has 3 atom stereocenters. The maximum atomic E-state index is 15.1. The van der Waals surface area contributed by atoms with Crippen molar-refractivity contribution in [1.82, 2.24) is 41.0 Å². The summed E-state index contributed by atoms with van der Waals surface area (Å²) in [6.07, 6.45) is 2.89. The number of alkyl carbamates (subject to hydrolysis) is 2. The van der Waals surface area contributed by atoms with Crippen LogP contribution in [-0.4, -0.2) is 111 Å². The third-order valence-electron chi connectivity index (χ3n) is 11.0. The maximum absolute atomic E-state index is 15.1. The van der Waals surface area contributed by atoms with Crippen molar-refractivity contribution < 1.29 is 48.1 Å². The monoisotopic (exact) mass is 1060 g/mol. The topological polar surface area (TPSA) is 232 Å². The van der Waals surface area contributed by atoms with Crippen molar-refractivity contribution in [1.29, 1.82) is 0 Å². The molecule has 0 spiro atoms. The van der Waals surface area contributed by atoms with Gasteiger partial charge in [0.25, 0.3) is 0 Å². The van der Waals surface area contributed by atoms with E-state index in [9.17, 15) is 29.1 Å². The number of carbonyl (C=O) groups excluding carboxylic acids is 6. The molecule has 5 amide bonds. The summed E-state index contributed by atoms with van der Waals surface area (Å²) in [4.78, 5) is 89.5. The van der Waals surface area contributed by atoms with E-state index in [4.69, 9.17) is 14.2 Å². The van der Waals surface area contributed by atoms with E-state index in [1.165, 1.54) is 34.3 Å². The molecule has 2 aromatic carbocycles. The zero-order valence-corrected chi connectivity index (χ0v) is 44.7. The number of phenols is 1. The highest BCUT2D eigenvalue weighted by Gasteiger charge is 2.35. The van der Waals surface area contributed by atoms with Crippen LogP contribution >= 0.6 is 27.7 Å². The van der Waals surface area contributed by atoms with Crippen LogP contribution in [0.5, 0.6) is 5.75 Å². The average Bonchev–Trinajstić information content (AvgIpc) is 3.64. The van der Waals surface area contributed by atoms with Crippen LogP contribution in [0.2, 0.25) is 0 Å². The Morgan fingerprint density at radius 3 is 2.10 bits per heavy atom. The Hall–Kier alpha value is -5.86. The van der Waals surface area contributed by atoms with Gasteiger partial charge in [-0.15, -0.1) is 0 Å². The van der Waals surface area contributed by atoms with E-state index < -0.39 is 70.9 Å². The number of nitrogens with one attached hydrogen (secondary N) is 5. The summed E-state index contributed by atoms with van der Waals surface area (Å²) in [5.74, 6) is -1.67. The number of nitrogens with zero attached hydrogens (tertiary/aromatic N) is 3. The van der Waals surface area contributed by atoms with E-state index in [0.717, 1.165) is 0 Å². The van der Waals surface area contributed by atoms with Crippen LogP contribution in [0.4, 0.5) is 14.4 Å². The van der Waals surface area contributed by atoms with Crippen molar-refractivity contribution in [3.05, 3.63) is 82.1 Å². The van der Waals surface area contributed by atoms with Crippen LogP contribution in [0.15, 0.2) is 75.3 Å². The summed E-state index contributed by atoms with van der Waals surface area (Å²) in [6, 6.07) is 10.8. The Balaban J connectivity index is 1.56. The lowest BCUT2D eigenvalue weighted by Crippen LogP contribution is -2.57. The summed E-state index contributed by atoms with van der Waals surface area (Å²) in [7, 11) is 1.50. The zero-order valence-electron chi connectivity index (χ0n) is 42.3. The molecule has 0 bridgehead atoms. The second-order valence-electron chi connectivity index (χ2n) is 20.3. The normalized spacial score (nSPS) is 17.5. The van der Waals surface area contributed by atoms with E-state index >= 15 is 4.79 Å². The van der Waals surface area contributed by atoms with Crippen LogP contribution in [0.1, 0.15) is 111 Å². The van der Waals surface area contributed by atoms with E-state index in [1.54, 1.807) is 99.0 Å². The van der Waals surface area contributed by atoms with Crippen LogP contribution < -0.4 is 26.6 Å². The number of amides is 5. The largest absolute Gasteiger partial charge is 0.507 e. The van der Waals surface area contributed by atoms with Gasteiger partial charge in [0.2, 0.25) is 17.7 Å². The molecule has 1 aliphatic heterocycles. The molecule has 0 saturated carbocycles. The summed E-state index contributed by atoms with van der Waals surface area (Å²) in [6.45, 7) is 16.4. The van der Waals surface area contributed by atoms with Gasteiger partial charge in [-0.2, -0.15) is 0 Å². The molecule has 5 rings (SSSR count). The summed E-state index contributed by atoms with van der Waals surface area (Å²) in [5, 5.41) is 27.4. The van der Waals surface area contributed by atoms with Gasteiger partial charge in [-0.05, 0) is 130 Å². The highest BCUT2D eigenvalue weighted by Crippen LogP contribution is 2.41. The minimum atomic E-state index is -1.20. The number of pyridine rings is 1. The second kappa shape index (κ2) is 24.5. The number of para-hydroxylation sites is 1. The lowest BCUT2D eigenvalue weighted by atomic mass is 10.0. The number of unbranched alkanes of at least 4 members (excludes halogenated alkanes) is 1. The summed E-state index contributed by atoms with van der Waals surface area (Å²) >= 11 is 4.83. The number of ether oxygens (including phenoxy) is 3. The number of carbonyl (C=O) groups is 6. The minimum Gasteiger partial charge on any atom is -0.507 e. The highest BCUT2D eigenvalue weighted by atomic mass is 79.9. The van der Waals surface area contributed by atoms with Crippen LogP contribution in [-0.2, 0) is 48.1 Å². The van der Waals surface area contributed by atoms with Crippen LogP contribution in [0.25, 0.3) is 10.9 Å². The average molecular weight is 1070 g/mol. The molecule has 0 radical (unpaired) electrons. The molecule has 0 aliphatic carbocycles. The van der Waals surface area contributed by atoms with Crippen molar-refractivity contribution in [3.8, 4) is 5.75 Å². The molecule has 0 unspecified atom stereocenters. The fourth-order valence-corrected chi connectivity index (χ4v) is 9.33. The van der Waals surface area contributed by atoms with Crippen molar-refractivity contribution in [2.45, 2.75) is 159 Å². The molecule has 0 fully saturated rings. The highest BCUT2D eigenvalue weighted by molar-refractivity contribution is 9.10. The van der Waals surface area contributed by atoms with Gasteiger partial charge < -0.3 is 50.8 Å². The fourth-order valence-electron chi connectivity index (χ4n) is 7.68. The molecule has 2 aromatic heterocycles. The third kappa shape index (κ3) is 16.9. The molecule has 18 nitrogen and oxygen atoms in total. The molecule has 4 aromatic rings. The van der Waals surface area contributed by atoms with Crippen molar-refractivity contribution in [2.75, 3.05) is 20.1 Å². The number of benzene rings is 2. The Morgan fingerprint density at radius 2 is 1.44 bits per heavy atom. The number of rotatable bonds is 11. The minimum absolute atomic E-state index is 0.0531. The van der Waals surface area contributed by atoms with E-state index in [1.807, 2.05) is 18.2 Å². The van der Waals surface area contributed by atoms with Gasteiger partial charge in [-0.25, -0.2) is 19.4 Å². The van der Waals surface area contributed by atoms with Crippen LogP contribution in [0.3, 0.4) is 0 Å². The molecule has 20 heteroatoms. The SMILES string of the molecule is CN1C(=O)[C@H](CCCCNC(=O)OC(C)(C)C)NC(=O)[C@H](CCCNC(=O)OC(C)(C)C)NCc2cccnc2Sc2c(O)ccc(Br)c2CNC(=O)[C@@H]1Cc1cn(C(=O)OC(C)(C)C)c2ccccc12. The number of halogens is 1. The predicted molar refractivity (Wildman–Crippen MR) is 274 cm³/mol. The molecule has 1 aliphatic rings. The molecule has 3 heterocycles. The van der Waals surface area contributed by atoms with Gasteiger partial charge in [0.1, 0.15) is 39.7 Å². The van der Waals surface area contributed by atoms with Gasteiger partial charge in [0, 0.05) is 67.5 Å². The van der Waals surface area contributed by atoms with Crippen molar-refractivity contribution in [3.63, 3.8) is 0 Å². The Bertz CT molecular complexity index is 2550. The first kappa shape index (κ1) is 56.1. The van der Waals surface area contributed by atoms with Gasteiger partial charge in [-0.1, -0.05) is 52.0 Å². The van der Waals surface area contributed by atoms with E-state index in [-0.39, 0.29) is 51.2 Å². The molecular formula is C51H69BrN8O10S. The molecular weight excluding hydrogens is 997 g/mol.